The maximum atomic E-state index is 11.0. The lowest BCUT2D eigenvalue weighted by Gasteiger charge is -2.14. The average Bonchev–Trinajstić information content (AvgIpc) is 2.60. The van der Waals surface area contributed by atoms with Crippen molar-refractivity contribution < 1.29 is 19.4 Å². The number of para-hydroxylation sites is 1. The Hall–Kier alpha value is -2.24. The van der Waals surface area contributed by atoms with E-state index in [0.717, 1.165) is 23.7 Å². The van der Waals surface area contributed by atoms with Crippen LogP contribution in [-0.2, 0) is 4.79 Å². The minimum absolute atomic E-state index is 0. The molecular formula is C19H24ClNO4. The number of rotatable bonds is 10. The highest BCUT2D eigenvalue weighted by Crippen LogP contribution is 2.23. The zero-order valence-electron chi connectivity index (χ0n) is 14.2. The number of halogens is 1. The Kier molecular flexibility index (Phi) is 9.43. The monoisotopic (exact) mass is 365 g/mol. The maximum Gasteiger partial charge on any atom is 0.320 e. The van der Waals surface area contributed by atoms with Crippen LogP contribution >= 0.6 is 12.4 Å². The van der Waals surface area contributed by atoms with Crippen LogP contribution < -0.4 is 14.8 Å². The molecule has 6 heteroatoms. The molecule has 2 rings (SSSR count). The number of benzene rings is 2. The largest absolute Gasteiger partial charge is 0.492 e. The van der Waals surface area contributed by atoms with E-state index in [1.165, 1.54) is 0 Å². The quantitative estimate of drug-likeness (QED) is 0.620. The molecule has 0 saturated carbocycles. The lowest BCUT2D eigenvalue weighted by Crippen LogP contribution is -2.38. The van der Waals surface area contributed by atoms with Crippen molar-refractivity contribution >= 4 is 18.4 Å². The number of nitrogens with one attached hydrogen (secondary N) is 1. The fourth-order valence-corrected chi connectivity index (χ4v) is 2.23. The number of carbonyl (C=O) groups is 1. The predicted molar refractivity (Wildman–Crippen MR) is 100 cm³/mol. The first-order chi connectivity index (χ1) is 11.7. The van der Waals surface area contributed by atoms with E-state index < -0.39 is 12.0 Å². The van der Waals surface area contributed by atoms with Crippen molar-refractivity contribution in [1.82, 2.24) is 5.32 Å². The summed E-state index contributed by atoms with van der Waals surface area (Å²) in [6.45, 7) is 2.86. The molecule has 2 aromatic rings. The van der Waals surface area contributed by atoms with E-state index in [4.69, 9.17) is 14.6 Å². The molecule has 0 aliphatic heterocycles. The number of aliphatic carboxylic acids is 1. The molecular weight excluding hydrogens is 342 g/mol. The number of hydrogen-bond donors (Lipinski definition) is 2. The molecule has 0 fully saturated rings. The van der Waals surface area contributed by atoms with E-state index in [-0.39, 0.29) is 12.4 Å². The number of hydrogen-bond acceptors (Lipinski definition) is 4. The second kappa shape index (κ2) is 11.3. The van der Waals surface area contributed by atoms with Crippen LogP contribution in [0.1, 0.15) is 19.8 Å². The van der Waals surface area contributed by atoms with Gasteiger partial charge < -0.3 is 19.9 Å². The third kappa shape index (κ3) is 7.45. The molecule has 136 valence electrons. The fourth-order valence-electron chi connectivity index (χ4n) is 2.23. The first-order valence-electron chi connectivity index (χ1n) is 8.11. The normalized spacial score (nSPS) is 11.2. The van der Waals surface area contributed by atoms with Gasteiger partial charge in [0.1, 0.15) is 29.9 Å². The van der Waals surface area contributed by atoms with Gasteiger partial charge >= 0.3 is 5.97 Å². The molecule has 1 atom stereocenters. The molecule has 0 aromatic heterocycles. The molecule has 0 aliphatic rings. The van der Waals surface area contributed by atoms with Gasteiger partial charge in [-0.25, -0.2) is 0 Å². The lowest BCUT2D eigenvalue weighted by molar-refractivity contribution is -0.139. The van der Waals surface area contributed by atoms with Crippen molar-refractivity contribution in [2.45, 2.75) is 25.8 Å². The lowest BCUT2D eigenvalue weighted by atomic mass is 10.2. The molecule has 0 radical (unpaired) electrons. The van der Waals surface area contributed by atoms with Gasteiger partial charge in [-0.15, -0.1) is 12.4 Å². The van der Waals surface area contributed by atoms with E-state index >= 15 is 0 Å². The Balaban J connectivity index is 0.00000312. The van der Waals surface area contributed by atoms with Crippen molar-refractivity contribution in [3.63, 3.8) is 0 Å². The SMILES string of the molecule is CCCC(NCCOc1ccc(Oc2ccccc2)cc1)C(=O)O.Cl. The van der Waals surface area contributed by atoms with Crippen molar-refractivity contribution in [2.24, 2.45) is 0 Å². The van der Waals surface area contributed by atoms with E-state index in [2.05, 4.69) is 5.32 Å². The smallest absolute Gasteiger partial charge is 0.320 e. The van der Waals surface area contributed by atoms with Crippen LogP contribution in [0.3, 0.4) is 0 Å². The van der Waals surface area contributed by atoms with Crippen LogP contribution in [0.25, 0.3) is 0 Å². The summed E-state index contributed by atoms with van der Waals surface area (Å²) in [6.07, 6.45) is 1.44. The molecule has 0 heterocycles. The minimum Gasteiger partial charge on any atom is -0.492 e. The average molecular weight is 366 g/mol. The Bertz CT molecular complexity index is 619. The molecule has 25 heavy (non-hydrogen) atoms. The second-order valence-corrected chi connectivity index (χ2v) is 5.37. The van der Waals surface area contributed by atoms with Gasteiger partial charge in [0.25, 0.3) is 0 Å². The van der Waals surface area contributed by atoms with Crippen molar-refractivity contribution in [2.75, 3.05) is 13.2 Å². The fraction of sp³-hybridized carbons (Fsp3) is 0.316. The maximum absolute atomic E-state index is 11.0. The van der Waals surface area contributed by atoms with Crippen molar-refractivity contribution in [3.8, 4) is 17.2 Å². The minimum atomic E-state index is -0.820. The van der Waals surface area contributed by atoms with Crippen LogP contribution in [0, 0.1) is 0 Å². The number of ether oxygens (including phenoxy) is 2. The highest BCUT2D eigenvalue weighted by atomic mass is 35.5. The third-order valence-electron chi connectivity index (χ3n) is 3.44. The van der Waals surface area contributed by atoms with Crippen LogP contribution in [0.4, 0.5) is 0 Å². The van der Waals surface area contributed by atoms with Crippen LogP contribution in [0.15, 0.2) is 54.6 Å². The van der Waals surface area contributed by atoms with Gasteiger partial charge in [0, 0.05) is 6.54 Å². The van der Waals surface area contributed by atoms with Gasteiger partial charge in [0.05, 0.1) is 0 Å². The summed E-state index contributed by atoms with van der Waals surface area (Å²) in [5.74, 6) is 1.42. The van der Waals surface area contributed by atoms with E-state index in [1.807, 2.05) is 61.5 Å². The molecule has 2 N–H and O–H groups in total. The first-order valence-corrected chi connectivity index (χ1v) is 8.11. The molecule has 2 aromatic carbocycles. The Morgan fingerprint density at radius 1 is 1.04 bits per heavy atom. The first kappa shape index (κ1) is 20.8. The van der Waals surface area contributed by atoms with Crippen LogP contribution in [0.2, 0.25) is 0 Å². The second-order valence-electron chi connectivity index (χ2n) is 5.37. The Morgan fingerprint density at radius 3 is 2.24 bits per heavy atom. The van der Waals surface area contributed by atoms with Gasteiger partial charge in [-0.2, -0.15) is 0 Å². The Labute approximate surface area is 154 Å². The zero-order chi connectivity index (χ0) is 17.2. The zero-order valence-corrected chi connectivity index (χ0v) is 15.0. The summed E-state index contributed by atoms with van der Waals surface area (Å²) in [6, 6.07) is 16.4. The van der Waals surface area contributed by atoms with Gasteiger partial charge in [-0.05, 0) is 42.8 Å². The molecule has 1 unspecified atom stereocenters. The Morgan fingerprint density at radius 2 is 1.64 bits per heavy atom. The van der Waals surface area contributed by atoms with Gasteiger partial charge in [-0.3, -0.25) is 4.79 Å². The third-order valence-corrected chi connectivity index (χ3v) is 3.44. The van der Waals surface area contributed by atoms with Gasteiger partial charge in [-0.1, -0.05) is 31.5 Å². The molecule has 0 spiro atoms. The molecule has 0 saturated heterocycles. The standard InChI is InChI=1S/C19H23NO4.ClH/c1-2-6-18(19(21)22)20-13-14-23-15-9-11-17(12-10-15)24-16-7-4-3-5-8-16;/h3-5,7-12,18,20H,2,6,13-14H2,1H3,(H,21,22);1H. The highest BCUT2D eigenvalue weighted by Gasteiger charge is 2.14. The predicted octanol–water partition coefficient (Wildman–Crippen LogP) is 4.12. The molecule has 0 bridgehead atoms. The summed E-state index contributed by atoms with van der Waals surface area (Å²) >= 11 is 0. The van der Waals surface area contributed by atoms with E-state index in [1.54, 1.807) is 0 Å². The molecule has 5 nitrogen and oxygen atoms in total. The van der Waals surface area contributed by atoms with Crippen LogP contribution in [0.5, 0.6) is 17.2 Å². The van der Waals surface area contributed by atoms with E-state index in [9.17, 15) is 4.79 Å². The number of carboxylic acids is 1. The molecule has 0 aliphatic carbocycles. The summed E-state index contributed by atoms with van der Waals surface area (Å²) < 4.78 is 11.3. The summed E-state index contributed by atoms with van der Waals surface area (Å²) in [5.41, 5.74) is 0. The topological polar surface area (TPSA) is 67.8 Å². The molecule has 0 amide bonds. The number of carboxylic acid groups (broad SMARTS) is 1. The van der Waals surface area contributed by atoms with Crippen LogP contribution in [-0.4, -0.2) is 30.3 Å². The van der Waals surface area contributed by atoms with E-state index in [0.29, 0.717) is 19.6 Å². The van der Waals surface area contributed by atoms with Crippen molar-refractivity contribution in [3.05, 3.63) is 54.6 Å². The van der Waals surface area contributed by atoms with Crippen molar-refractivity contribution in [1.29, 1.82) is 0 Å². The summed E-state index contributed by atoms with van der Waals surface area (Å²) in [5, 5.41) is 12.0. The summed E-state index contributed by atoms with van der Waals surface area (Å²) in [7, 11) is 0. The summed E-state index contributed by atoms with van der Waals surface area (Å²) in [4.78, 5) is 11.0. The highest BCUT2D eigenvalue weighted by molar-refractivity contribution is 5.85. The van der Waals surface area contributed by atoms with Gasteiger partial charge in [0.15, 0.2) is 0 Å². The van der Waals surface area contributed by atoms with Gasteiger partial charge in [0.2, 0.25) is 0 Å².